The molecule has 0 saturated heterocycles. The summed E-state index contributed by atoms with van der Waals surface area (Å²) >= 11 is 0. The van der Waals surface area contributed by atoms with Crippen LogP contribution in [0, 0.1) is 12.7 Å². The summed E-state index contributed by atoms with van der Waals surface area (Å²) in [5, 5.41) is 12.3. The molecule has 1 atom stereocenters. The fourth-order valence-electron chi connectivity index (χ4n) is 3.45. The first kappa shape index (κ1) is 20.1. The molecule has 30 heavy (non-hydrogen) atoms. The first-order valence-electron chi connectivity index (χ1n) is 9.41. The largest absolute Gasteiger partial charge is 0.507 e. The second-order valence-corrected chi connectivity index (χ2v) is 8.83. The average Bonchev–Trinajstić information content (AvgIpc) is 2.74. The first-order chi connectivity index (χ1) is 14.4. The Morgan fingerprint density at radius 2 is 1.50 bits per heavy atom. The quantitative estimate of drug-likeness (QED) is 0.473. The molecule has 4 rings (SSSR count). The van der Waals surface area contributed by atoms with Gasteiger partial charge in [-0.1, -0.05) is 72.3 Å². The zero-order valence-corrected chi connectivity index (χ0v) is 17.0. The van der Waals surface area contributed by atoms with Crippen molar-refractivity contribution in [3.05, 3.63) is 107 Å². The van der Waals surface area contributed by atoms with Crippen LogP contribution in [0.1, 0.15) is 22.7 Å². The lowest BCUT2D eigenvalue weighted by molar-refractivity contribution is 0.467. The van der Waals surface area contributed by atoms with Gasteiger partial charge in [-0.2, -0.15) is 4.72 Å². The molecule has 4 aromatic carbocycles. The Morgan fingerprint density at radius 3 is 2.23 bits per heavy atom. The molecule has 152 valence electrons. The Balaban J connectivity index is 1.87. The van der Waals surface area contributed by atoms with Crippen molar-refractivity contribution in [1.29, 1.82) is 0 Å². The van der Waals surface area contributed by atoms with E-state index in [-0.39, 0.29) is 21.8 Å². The van der Waals surface area contributed by atoms with Crippen molar-refractivity contribution >= 4 is 20.8 Å². The lowest BCUT2D eigenvalue weighted by Gasteiger charge is -2.22. The summed E-state index contributed by atoms with van der Waals surface area (Å²) in [5.41, 5.74) is 1.32. The molecular formula is C24H20FNO3S. The van der Waals surface area contributed by atoms with Gasteiger partial charge in [-0.25, -0.2) is 12.8 Å². The van der Waals surface area contributed by atoms with Gasteiger partial charge in [-0.3, -0.25) is 0 Å². The van der Waals surface area contributed by atoms with Crippen molar-refractivity contribution in [3.8, 4) is 5.75 Å². The van der Waals surface area contributed by atoms with Crippen LogP contribution >= 0.6 is 0 Å². The van der Waals surface area contributed by atoms with Crippen molar-refractivity contribution in [1.82, 2.24) is 4.72 Å². The summed E-state index contributed by atoms with van der Waals surface area (Å²) < 4.78 is 43.4. The summed E-state index contributed by atoms with van der Waals surface area (Å²) in [7, 11) is -3.99. The van der Waals surface area contributed by atoms with Crippen molar-refractivity contribution in [2.24, 2.45) is 0 Å². The van der Waals surface area contributed by atoms with Gasteiger partial charge in [0, 0.05) is 16.5 Å². The number of phenolic OH excluding ortho intramolecular Hbond substituents is 1. The molecule has 4 aromatic rings. The van der Waals surface area contributed by atoms with Crippen LogP contribution in [0.4, 0.5) is 4.39 Å². The van der Waals surface area contributed by atoms with E-state index in [1.807, 2.05) is 19.1 Å². The number of aromatic hydroxyl groups is 1. The summed E-state index contributed by atoms with van der Waals surface area (Å²) in [4.78, 5) is 0.0646. The number of hydrogen-bond acceptors (Lipinski definition) is 3. The molecule has 0 aliphatic carbocycles. The number of fused-ring (bicyclic) bond motifs is 1. The highest BCUT2D eigenvalue weighted by Gasteiger charge is 2.27. The lowest BCUT2D eigenvalue weighted by Crippen LogP contribution is -2.30. The molecule has 1 unspecified atom stereocenters. The fourth-order valence-corrected chi connectivity index (χ4v) is 4.64. The predicted octanol–water partition coefficient (Wildman–Crippen LogP) is 5.06. The molecule has 0 fully saturated rings. The van der Waals surface area contributed by atoms with E-state index in [0.717, 1.165) is 10.9 Å². The van der Waals surface area contributed by atoms with Crippen LogP contribution in [0.3, 0.4) is 0 Å². The Hall–Kier alpha value is -3.22. The molecule has 2 N–H and O–H groups in total. The number of sulfonamides is 1. The molecule has 0 aliphatic heterocycles. The molecule has 0 bridgehead atoms. The Bertz CT molecular complexity index is 1320. The van der Waals surface area contributed by atoms with Crippen LogP contribution in [0.15, 0.2) is 89.8 Å². The average molecular weight is 421 g/mol. The SMILES string of the molecule is Cc1ccc(S(=O)(=O)NC(c2ccccc2F)c2ccc3ccccc3c2O)cc1. The monoisotopic (exact) mass is 421 g/mol. The van der Waals surface area contributed by atoms with Crippen molar-refractivity contribution in [2.75, 3.05) is 0 Å². The number of rotatable bonds is 5. The minimum absolute atomic E-state index is 0.0646. The third-order valence-corrected chi connectivity index (χ3v) is 6.50. The van der Waals surface area contributed by atoms with E-state index in [1.165, 1.54) is 30.3 Å². The molecule has 0 aromatic heterocycles. The van der Waals surface area contributed by atoms with Gasteiger partial charge in [0.15, 0.2) is 0 Å². The number of nitrogens with one attached hydrogen (secondary N) is 1. The maximum atomic E-state index is 14.7. The molecule has 4 nitrogen and oxygen atoms in total. The van der Waals surface area contributed by atoms with Crippen LogP contribution in [0.2, 0.25) is 0 Å². The normalized spacial score (nSPS) is 12.7. The van der Waals surface area contributed by atoms with E-state index in [0.29, 0.717) is 5.39 Å². The van der Waals surface area contributed by atoms with E-state index >= 15 is 0 Å². The second-order valence-electron chi connectivity index (χ2n) is 7.11. The van der Waals surface area contributed by atoms with Gasteiger partial charge in [0.25, 0.3) is 0 Å². The zero-order chi connectivity index (χ0) is 21.3. The van der Waals surface area contributed by atoms with Crippen molar-refractivity contribution < 1.29 is 17.9 Å². The fraction of sp³-hybridized carbons (Fsp3) is 0.0833. The van der Waals surface area contributed by atoms with Crippen LogP contribution < -0.4 is 4.72 Å². The Morgan fingerprint density at radius 1 is 0.833 bits per heavy atom. The molecule has 0 radical (unpaired) electrons. The van der Waals surface area contributed by atoms with E-state index in [4.69, 9.17) is 0 Å². The van der Waals surface area contributed by atoms with Crippen LogP contribution in [-0.2, 0) is 10.0 Å². The first-order valence-corrected chi connectivity index (χ1v) is 10.9. The predicted molar refractivity (Wildman–Crippen MR) is 115 cm³/mol. The van der Waals surface area contributed by atoms with E-state index in [9.17, 15) is 17.9 Å². The van der Waals surface area contributed by atoms with Crippen LogP contribution in [-0.4, -0.2) is 13.5 Å². The summed E-state index contributed by atoms with van der Waals surface area (Å²) in [5.74, 6) is -0.658. The van der Waals surface area contributed by atoms with Gasteiger partial charge in [0.2, 0.25) is 10.0 Å². The van der Waals surface area contributed by atoms with Gasteiger partial charge in [-0.15, -0.1) is 0 Å². The highest BCUT2D eigenvalue weighted by molar-refractivity contribution is 7.89. The maximum Gasteiger partial charge on any atom is 0.241 e. The van der Waals surface area contributed by atoms with Gasteiger partial charge >= 0.3 is 0 Å². The Labute approximate surface area is 174 Å². The molecule has 0 spiro atoms. The number of phenols is 1. The Kier molecular flexibility index (Phi) is 5.28. The highest BCUT2D eigenvalue weighted by Crippen LogP contribution is 2.37. The van der Waals surface area contributed by atoms with E-state index < -0.39 is 21.9 Å². The maximum absolute atomic E-state index is 14.7. The second kappa shape index (κ2) is 7.89. The van der Waals surface area contributed by atoms with Gasteiger partial charge in [0.1, 0.15) is 11.6 Å². The number of aryl methyl sites for hydroxylation is 1. The van der Waals surface area contributed by atoms with Crippen molar-refractivity contribution in [2.45, 2.75) is 17.9 Å². The van der Waals surface area contributed by atoms with Crippen LogP contribution in [0.5, 0.6) is 5.75 Å². The van der Waals surface area contributed by atoms with Crippen LogP contribution in [0.25, 0.3) is 10.8 Å². The number of benzene rings is 4. The van der Waals surface area contributed by atoms with Gasteiger partial charge in [-0.05, 0) is 30.5 Å². The molecule has 0 aliphatic rings. The van der Waals surface area contributed by atoms with Crippen molar-refractivity contribution in [3.63, 3.8) is 0 Å². The zero-order valence-electron chi connectivity index (χ0n) is 16.2. The summed E-state index contributed by atoms with van der Waals surface area (Å²) in [6, 6.07) is 21.8. The summed E-state index contributed by atoms with van der Waals surface area (Å²) in [6.07, 6.45) is 0. The number of hydrogen-bond donors (Lipinski definition) is 2. The minimum atomic E-state index is -3.99. The topological polar surface area (TPSA) is 66.4 Å². The third kappa shape index (κ3) is 3.79. The molecule has 6 heteroatoms. The van der Waals surface area contributed by atoms with E-state index in [1.54, 1.807) is 42.5 Å². The number of halogens is 1. The molecular weight excluding hydrogens is 401 g/mol. The third-order valence-electron chi connectivity index (χ3n) is 5.06. The smallest absolute Gasteiger partial charge is 0.241 e. The standard InChI is InChI=1S/C24H20FNO3S/c1-16-10-13-18(14-11-16)30(28,29)26-23(20-8-4-5-9-22(20)25)21-15-12-17-6-2-3-7-19(17)24(21)27/h2-15,23,26-27H,1H3. The lowest BCUT2D eigenvalue weighted by atomic mass is 9.95. The molecule has 0 heterocycles. The molecule has 0 amide bonds. The van der Waals surface area contributed by atoms with Gasteiger partial charge in [0.05, 0.1) is 10.9 Å². The highest BCUT2D eigenvalue weighted by atomic mass is 32.2. The minimum Gasteiger partial charge on any atom is -0.507 e. The van der Waals surface area contributed by atoms with E-state index in [2.05, 4.69) is 4.72 Å². The summed E-state index contributed by atoms with van der Waals surface area (Å²) in [6.45, 7) is 1.86. The van der Waals surface area contributed by atoms with Gasteiger partial charge < -0.3 is 5.11 Å². The molecule has 0 saturated carbocycles.